The normalized spacial score (nSPS) is 11.7. The maximum absolute atomic E-state index is 12.5. The third-order valence-electron chi connectivity index (χ3n) is 4.15. The van der Waals surface area contributed by atoms with Crippen LogP contribution in [0.4, 0.5) is 0 Å². The summed E-state index contributed by atoms with van der Waals surface area (Å²) in [7, 11) is 3.25. The molecule has 26 heavy (non-hydrogen) atoms. The van der Waals surface area contributed by atoms with E-state index in [0.29, 0.717) is 16.7 Å². The van der Waals surface area contributed by atoms with Gasteiger partial charge in [-0.05, 0) is 35.2 Å². The van der Waals surface area contributed by atoms with Crippen molar-refractivity contribution in [1.82, 2.24) is 4.90 Å². The van der Waals surface area contributed by atoms with Crippen LogP contribution in [0, 0.1) is 6.92 Å². The Morgan fingerprint density at radius 2 is 1.88 bits per heavy atom. The number of carboxylic acids is 1. The van der Waals surface area contributed by atoms with Gasteiger partial charge in [-0.25, -0.2) is 0 Å². The number of aliphatic hydroxyl groups excluding tert-OH is 1. The minimum atomic E-state index is -0.996. The molecule has 2 N–H and O–H groups in total. The standard InChI is InChI=1S/C21H23NO4/c1-5-19(23)16-9-6-13(2)10-17(16)14-7-8-15(12-20(24)25)18(11-14)21(26)22(3)4/h5-11,19,23H,1,12H2,2-4H3,(H,24,25). The van der Waals surface area contributed by atoms with Gasteiger partial charge in [-0.15, -0.1) is 6.58 Å². The SMILES string of the molecule is C=CC(O)c1ccc(C)cc1-c1ccc(CC(=O)O)c(C(=O)N(C)C)c1. The van der Waals surface area contributed by atoms with Crippen molar-refractivity contribution in [3.05, 3.63) is 71.3 Å². The predicted molar refractivity (Wildman–Crippen MR) is 101 cm³/mol. The first-order valence-corrected chi connectivity index (χ1v) is 8.22. The number of carbonyl (C=O) groups is 2. The zero-order valence-electron chi connectivity index (χ0n) is 15.2. The van der Waals surface area contributed by atoms with Gasteiger partial charge in [-0.3, -0.25) is 9.59 Å². The third-order valence-corrected chi connectivity index (χ3v) is 4.15. The van der Waals surface area contributed by atoms with Crippen LogP contribution >= 0.6 is 0 Å². The van der Waals surface area contributed by atoms with Gasteiger partial charge >= 0.3 is 5.97 Å². The minimum Gasteiger partial charge on any atom is -0.481 e. The van der Waals surface area contributed by atoms with Gasteiger partial charge < -0.3 is 15.1 Å². The molecule has 1 atom stereocenters. The van der Waals surface area contributed by atoms with Gasteiger partial charge in [0.15, 0.2) is 0 Å². The van der Waals surface area contributed by atoms with Crippen LogP contribution in [-0.2, 0) is 11.2 Å². The number of aliphatic carboxylic acids is 1. The van der Waals surface area contributed by atoms with Crippen LogP contribution in [0.15, 0.2) is 49.1 Å². The number of benzene rings is 2. The average Bonchev–Trinajstić information content (AvgIpc) is 2.60. The van der Waals surface area contributed by atoms with Gasteiger partial charge in [-0.2, -0.15) is 0 Å². The summed E-state index contributed by atoms with van der Waals surface area (Å²) in [6.45, 7) is 5.58. The van der Waals surface area contributed by atoms with Crippen molar-refractivity contribution >= 4 is 11.9 Å². The fraction of sp³-hybridized carbons (Fsp3) is 0.238. The molecule has 1 unspecified atom stereocenters. The first kappa shape index (κ1) is 19.4. The van der Waals surface area contributed by atoms with E-state index in [-0.39, 0.29) is 12.3 Å². The van der Waals surface area contributed by atoms with Crippen molar-refractivity contribution in [2.75, 3.05) is 14.1 Å². The number of nitrogens with zero attached hydrogens (tertiary/aromatic N) is 1. The fourth-order valence-corrected chi connectivity index (χ4v) is 2.81. The van der Waals surface area contributed by atoms with Crippen molar-refractivity contribution in [3.8, 4) is 11.1 Å². The van der Waals surface area contributed by atoms with E-state index in [9.17, 15) is 14.7 Å². The Morgan fingerprint density at radius 3 is 2.46 bits per heavy atom. The number of hydrogen-bond donors (Lipinski definition) is 2. The molecule has 0 bridgehead atoms. The van der Waals surface area contributed by atoms with E-state index in [1.54, 1.807) is 32.3 Å². The molecule has 0 radical (unpaired) electrons. The van der Waals surface area contributed by atoms with Gasteiger partial charge in [-0.1, -0.05) is 42.0 Å². The summed E-state index contributed by atoms with van der Waals surface area (Å²) in [5.41, 5.74) is 4.01. The number of carbonyl (C=O) groups excluding carboxylic acids is 1. The predicted octanol–water partition coefficient (Wildman–Crippen LogP) is 3.21. The van der Waals surface area contributed by atoms with E-state index in [2.05, 4.69) is 6.58 Å². The second-order valence-corrected chi connectivity index (χ2v) is 6.41. The zero-order valence-corrected chi connectivity index (χ0v) is 15.2. The molecule has 0 aliphatic rings. The highest BCUT2D eigenvalue weighted by atomic mass is 16.4. The lowest BCUT2D eigenvalue weighted by Crippen LogP contribution is -2.23. The molecule has 136 valence electrons. The molecule has 2 rings (SSSR count). The fourth-order valence-electron chi connectivity index (χ4n) is 2.81. The highest BCUT2D eigenvalue weighted by molar-refractivity contribution is 5.97. The lowest BCUT2D eigenvalue weighted by atomic mass is 9.91. The number of aryl methyl sites for hydroxylation is 1. The zero-order chi connectivity index (χ0) is 19.4. The van der Waals surface area contributed by atoms with Gasteiger partial charge in [0.25, 0.3) is 5.91 Å². The highest BCUT2D eigenvalue weighted by Crippen LogP contribution is 2.31. The van der Waals surface area contributed by atoms with E-state index >= 15 is 0 Å². The van der Waals surface area contributed by atoms with Crippen molar-refractivity contribution in [2.45, 2.75) is 19.4 Å². The third kappa shape index (κ3) is 4.18. The number of aliphatic hydroxyl groups is 1. The number of amides is 1. The van der Waals surface area contributed by atoms with Crippen LogP contribution in [-0.4, -0.2) is 41.1 Å². The quantitative estimate of drug-likeness (QED) is 0.782. The Hall–Kier alpha value is -2.92. The minimum absolute atomic E-state index is 0.231. The summed E-state index contributed by atoms with van der Waals surface area (Å²) in [4.78, 5) is 25.1. The van der Waals surface area contributed by atoms with Crippen LogP contribution in [0.25, 0.3) is 11.1 Å². The number of carboxylic acid groups (broad SMARTS) is 1. The molecule has 0 aromatic heterocycles. The summed E-state index contributed by atoms with van der Waals surface area (Å²) < 4.78 is 0. The first-order chi connectivity index (χ1) is 12.2. The lowest BCUT2D eigenvalue weighted by Gasteiger charge is -2.18. The Kier molecular flexibility index (Phi) is 5.95. The van der Waals surface area contributed by atoms with Crippen molar-refractivity contribution in [2.24, 2.45) is 0 Å². The monoisotopic (exact) mass is 353 g/mol. The summed E-state index contributed by atoms with van der Waals surface area (Å²) in [6, 6.07) is 10.8. The smallest absolute Gasteiger partial charge is 0.307 e. The molecule has 0 heterocycles. The molecule has 0 aliphatic heterocycles. The molecule has 5 heteroatoms. The van der Waals surface area contributed by atoms with Crippen molar-refractivity contribution in [1.29, 1.82) is 0 Å². The molecule has 0 aliphatic carbocycles. The largest absolute Gasteiger partial charge is 0.481 e. The topological polar surface area (TPSA) is 77.8 Å². The van der Waals surface area contributed by atoms with Gasteiger partial charge in [0, 0.05) is 19.7 Å². The molecular formula is C21H23NO4. The molecule has 0 saturated carbocycles. The number of rotatable bonds is 6. The van der Waals surface area contributed by atoms with Crippen LogP contribution in [0.1, 0.15) is 33.2 Å². The highest BCUT2D eigenvalue weighted by Gasteiger charge is 2.18. The van der Waals surface area contributed by atoms with E-state index in [1.165, 1.54) is 11.0 Å². The first-order valence-electron chi connectivity index (χ1n) is 8.22. The van der Waals surface area contributed by atoms with Crippen LogP contribution < -0.4 is 0 Å². The second-order valence-electron chi connectivity index (χ2n) is 6.41. The van der Waals surface area contributed by atoms with Crippen LogP contribution in [0.2, 0.25) is 0 Å². The van der Waals surface area contributed by atoms with E-state index in [0.717, 1.165) is 16.7 Å². The number of hydrogen-bond acceptors (Lipinski definition) is 3. The van der Waals surface area contributed by atoms with Gasteiger partial charge in [0.2, 0.25) is 0 Å². The summed E-state index contributed by atoms with van der Waals surface area (Å²) >= 11 is 0. The summed E-state index contributed by atoms with van der Waals surface area (Å²) in [5, 5.41) is 19.3. The van der Waals surface area contributed by atoms with Crippen LogP contribution in [0.3, 0.4) is 0 Å². The van der Waals surface area contributed by atoms with Gasteiger partial charge in [0.05, 0.1) is 12.5 Å². The maximum Gasteiger partial charge on any atom is 0.307 e. The molecular weight excluding hydrogens is 330 g/mol. The Morgan fingerprint density at radius 1 is 1.19 bits per heavy atom. The molecule has 2 aromatic rings. The average molecular weight is 353 g/mol. The van der Waals surface area contributed by atoms with E-state index in [4.69, 9.17) is 5.11 Å². The summed E-state index contributed by atoms with van der Waals surface area (Å²) in [5.74, 6) is -1.26. The summed E-state index contributed by atoms with van der Waals surface area (Å²) in [6.07, 6.45) is 0.376. The van der Waals surface area contributed by atoms with Crippen molar-refractivity contribution in [3.63, 3.8) is 0 Å². The molecule has 0 saturated heterocycles. The van der Waals surface area contributed by atoms with E-state index in [1.807, 2.05) is 25.1 Å². The van der Waals surface area contributed by atoms with Crippen molar-refractivity contribution < 1.29 is 19.8 Å². The second kappa shape index (κ2) is 7.97. The molecule has 1 amide bonds. The maximum atomic E-state index is 12.5. The molecule has 5 nitrogen and oxygen atoms in total. The Bertz CT molecular complexity index is 855. The molecule has 0 spiro atoms. The van der Waals surface area contributed by atoms with Gasteiger partial charge in [0.1, 0.15) is 0 Å². The lowest BCUT2D eigenvalue weighted by molar-refractivity contribution is -0.136. The van der Waals surface area contributed by atoms with Crippen LogP contribution in [0.5, 0.6) is 0 Å². The Labute approximate surface area is 153 Å². The molecule has 2 aromatic carbocycles. The molecule has 0 fully saturated rings. The Balaban J connectivity index is 2.66. The van der Waals surface area contributed by atoms with E-state index < -0.39 is 12.1 Å².